The summed E-state index contributed by atoms with van der Waals surface area (Å²) in [5, 5.41) is 11.7. The lowest BCUT2D eigenvalue weighted by atomic mass is 10.2. The molecule has 0 aliphatic heterocycles. The van der Waals surface area contributed by atoms with Crippen molar-refractivity contribution in [3.05, 3.63) is 59.3 Å². The van der Waals surface area contributed by atoms with Gasteiger partial charge in [-0.15, -0.1) is 0 Å². The van der Waals surface area contributed by atoms with Crippen LogP contribution in [0, 0.1) is 11.3 Å². The maximum atomic E-state index is 12.6. The molecule has 20 heavy (non-hydrogen) atoms. The highest BCUT2D eigenvalue weighted by Gasteiger charge is 2.33. The molecule has 2 rings (SSSR count). The number of pyridine rings is 1. The number of hydrogen-bond donors (Lipinski definition) is 1. The lowest BCUT2D eigenvalue weighted by Crippen LogP contribution is -2.11. The number of aromatic nitrogens is 1. The van der Waals surface area contributed by atoms with Crippen LogP contribution in [0.25, 0.3) is 0 Å². The molecule has 6 heteroatoms. The molecule has 0 fully saturated rings. The van der Waals surface area contributed by atoms with Crippen molar-refractivity contribution < 1.29 is 13.2 Å². The third-order valence-electron chi connectivity index (χ3n) is 2.61. The normalized spacial score (nSPS) is 10.9. The first-order valence-corrected chi connectivity index (χ1v) is 5.77. The van der Waals surface area contributed by atoms with Gasteiger partial charge < -0.3 is 5.32 Å². The molecule has 0 aliphatic rings. The Morgan fingerprint density at radius 2 is 1.80 bits per heavy atom. The lowest BCUT2D eigenvalue weighted by Gasteiger charge is -2.11. The topological polar surface area (TPSA) is 48.7 Å². The Bertz CT molecular complexity index is 630. The van der Waals surface area contributed by atoms with E-state index >= 15 is 0 Å². The number of anilines is 1. The van der Waals surface area contributed by atoms with Crippen molar-refractivity contribution in [2.75, 3.05) is 5.32 Å². The number of alkyl halides is 3. The summed E-state index contributed by atoms with van der Waals surface area (Å²) in [6.07, 6.45) is -4.53. The second-order valence-electron chi connectivity index (χ2n) is 4.04. The van der Waals surface area contributed by atoms with Crippen LogP contribution in [0.4, 0.5) is 19.0 Å². The molecular weight excluding hydrogens is 267 g/mol. The van der Waals surface area contributed by atoms with Crippen LogP contribution in [-0.4, -0.2) is 4.98 Å². The van der Waals surface area contributed by atoms with Crippen molar-refractivity contribution in [3.8, 4) is 6.07 Å². The molecule has 0 aliphatic carbocycles. The third kappa shape index (κ3) is 3.26. The fourth-order valence-corrected chi connectivity index (χ4v) is 1.62. The van der Waals surface area contributed by atoms with Crippen molar-refractivity contribution >= 4 is 5.82 Å². The fourth-order valence-electron chi connectivity index (χ4n) is 1.62. The molecule has 0 saturated heterocycles. The van der Waals surface area contributed by atoms with E-state index in [9.17, 15) is 13.2 Å². The number of nitrogens with zero attached hydrogens (tertiary/aromatic N) is 2. The van der Waals surface area contributed by atoms with Crippen molar-refractivity contribution in [2.45, 2.75) is 12.7 Å². The van der Waals surface area contributed by atoms with E-state index < -0.39 is 11.9 Å². The second kappa shape index (κ2) is 5.61. The van der Waals surface area contributed by atoms with Gasteiger partial charge in [-0.2, -0.15) is 18.4 Å². The maximum Gasteiger partial charge on any atom is 0.433 e. The maximum absolute atomic E-state index is 12.6. The minimum absolute atomic E-state index is 0.0637. The van der Waals surface area contributed by atoms with E-state index in [0.717, 1.165) is 17.7 Å². The molecule has 2 aromatic rings. The number of rotatable bonds is 3. The molecule has 102 valence electrons. The van der Waals surface area contributed by atoms with Crippen molar-refractivity contribution in [2.24, 2.45) is 0 Å². The van der Waals surface area contributed by atoms with Gasteiger partial charge in [0.25, 0.3) is 0 Å². The van der Waals surface area contributed by atoms with Crippen molar-refractivity contribution in [1.29, 1.82) is 5.26 Å². The van der Waals surface area contributed by atoms with Gasteiger partial charge in [0.1, 0.15) is 17.6 Å². The van der Waals surface area contributed by atoms with Gasteiger partial charge in [0, 0.05) is 6.54 Å². The molecule has 0 atom stereocenters. The van der Waals surface area contributed by atoms with Gasteiger partial charge in [-0.05, 0) is 17.7 Å². The third-order valence-corrected chi connectivity index (χ3v) is 2.61. The Labute approximate surface area is 113 Å². The van der Waals surface area contributed by atoms with Gasteiger partial charge in [0.05, 0.1) is 5.56 Å². The highest BCUT2D eigenvalue weighted by Crippen LogP contribution is 2.29. The molecule has 0 bridgehead atoms. The summed E-state index contributed by atoms with van der Waals surface area (Å²) in [6, 6.07) is 12.9. The van der Waals surface area contributed by atoms with Crippen LogP contribution in [0.5, 0.6) is 0 Å². The Morgan fingerprint density at radius 3 is 2.40 bits per heavy atom. The number of hydrogen-bond acceptors (Lipinski definition) is 3. The number of halogens is 3. The molecular formula is C14H10F3N3. The van der Waals surface area contributed by atoms with E-state index in [1.165, 1.54) is 0 Å². The van der Waals surface area contributed by atoms with Gasteiger partial charge in [-0.1, -0.05) is 30.3 Å². The summed E-state index contributed by atoms with van der Waals surface area (Å²) in [4.78, 5) is 3.47. The highest BCUT2D eigenvalue weighted by atomic mass is 19.4. The van der Waals surface area contributed by atoms with E-state index in [1.807, 2.05) is 36.4 Å². The quantitative estimate of drug-likeness (QED) is 0.932. The molecule has 1 aromatic heterocycles. The van der Waals surface area contributed by atoms with Gasteiger partial charge in [-0.25, -0.2) is 4.98 Å². The zero-order valence-electron chi connectivity index (χ0n) is 10.3. The van der Waals surface area contributed by atoms with E-state index in [2.05, 4.69) is 10.3 Å². The number of benzene rings is 1. The number of nitrogens with one attached hydrogen (secondary N) is 1. The van der Waals surface area contributed by atoms with Gasteiger partial charge in [0.2, 0.25) is 0 Å². The average molecular weight is 277 g/mol. The van der Waals surface area contributed by atoms with E-state index in [1.54, 1.807) is 0 Å². The molecule has 1 N–H and O–H groups in total. The smallest absolute Gasteiger partial charge is 0.365 e. The zero-order valence-corrected chi connectivity index (χ0v) is 10.3. The molecule has 1 aromatic carbocycles. The SMILES string of the molecule is N#Cc1ccc(C(F)(F)F)nc1NCc1ccccc1. The molecule has 0 saturated carbocycles. The Hall–Kier alpha value is -2.55. The highest BCUT2D eigenvalue weighted by molar-refractivity contribution is 5.52. The first-order valence-electron chi connectivity index (χ1n) is 5.77. The lowest BCUT2D eigenvalue weighted by molar-refractivity contribution is -0.141. The second-order valence-corrected chi connectivity index (χ2v) is 4.04. The largest absolute Gasteiger partial charge is 0.433 e. The first kappa shape index (κ1) is 13.9. The molecule has 0 spiro atoms. The summed E-state index contributed by atoms with van der Waals surface area (Å²) in [5.41, 5.74) is -0.0587. The van der Waals surface area contributed by atoms with Crippen molar-refractivity contribution in [1.82, 2.24) is 4.98 Å². The predicted molar refractivity (Wildman–Crippen MR) is 67.7 cm³/mol. The monoisotopic (exact) mass is 277 g/mol. The minimum atomic E-state index is -4.53. The van der Waals surface area contributed by atoms with Gasteiger partial charge in [-0.3, -0.25) is 0 Å². The molecule has 1 heterocycles. The van der Waals surface area contributed by atoms with Gasteiger partial charge in [0.15, 0.2) is 0 Å². The minimum Gasteiger partial charge on any atom is -0.365 e. The summed E-state index contributed by atoms with van der Waals surface area (Å²) in [6.45, 7) is 0.295. The molecule has 0 unspecified atom stereocenters. The summed E-state index contributed by atoms with van der Waals surface area (Å²) < 4.78 is 37.8. The van der Waals surface area contributed by atoms with Crippen LogP contribution in [0.15, 0.2) is 42.5 Å². The van der Waals surface area contributed by atoms with Crippen LogP contribution in [0.3, 0.4) is 0 Å². The molecule has 0 amide bonds. The van der Waals surface area contributed by atoms with Crippen LogP contribution in [-0.2, 0) is 12.7 Å². The molecule has 3 nitrogen and oxygen atoms in total. The fraction of sp³-hybridized carbons (Fsp3) is 0.143. The molecule has 0 radical (unpaired) electrons. The van der Waals surface area contributed by atoms with Crippen LogP contribution in [0.1, 0.15) is 16.8 Å². The van der Waals surface area contributed by atoms with E-state index in [-0.39, 0.29) is 11.4 Å². The zero-order chi connectivity index (χ0) is 14.6. The summed E-state index contributed by atoms with van der Waals surface area (Å²) in [7, 11) is 0. The van der Waals surface area contributed by atoms with Crippen molar-refractivity contribution in [3.63, 3.8) is 0 Å². The van der Waals surface area contributed by atoms with E-state index in [0.29, 0.717) is 6.54 Å². The van der Waals surface area contributed by atoms with Crippen LogP contribution in [0.2, 0.25) is 0 Å². The Kier molecular flexibility index (Phi) is 3.89. The van der Waals surface area contributed by atoms with Crippen LogP contribution < -0.4 is 5.32 Å². The Balaban J connectivity index is 2.24. The average Bonchev–Trinajstić information content (AvgIpc) is 2.45. The Morgan fingerprint density at radius 1 is 1.10 bits per heavy atom. The summed E-state index contributed by atoms with van der Waals surface area (Å²) >= 11 is 0. The van der Waals surface area contributed by atoms with E-state index in [4.69, 9.17) is 5.26 Å². The summed E-state index contributed by atoms with van der Waals surface area (Å²) in [5.74, 6) is -0.0637. The standard InChI is InChI=1S/C14H10F3N3/c15-14(16,17)12-7-6-11(8-18)13(20-12)19-9-10-4-2-1-3-5-10/h1-7H,9H2,(H,19,20). The number of nitriles is 1. The predicted octanol–water partition coefficient (Wildman–Crippen LogP) is 3.58. The van der Waals surface area contributed by atoms with Crippen LogP contribution >= 0.6 is 0 Å². The van der Waals surface area contributed by atoms with Gasteiger partial charge >= 0.3 is 6.18 Å². The first-order chi connectivity index (χ1) is 9.50.